The maximum atomic E-state index is 2.72. The van der Waals surface area contributed by atoms with Crippen molar-refractivity contribution < 1.29 is 0 Å². The van der Waals surface area contributed by atoms with Gasteiger partial charge in [0.25, 0.3) is 0 Å². The SMILES string of the molecule is CCCCCCCCCCCCN1CCC(CCC)CC1. The van der Waals surface area contributed by atoms with Crippen molar-refractivity contribution in [3.63, 3.8) is 0 Å². The first-order valence-electron chi connectivity index (χ1n) is 10.1. The Balaban J connectivity index is 1.80. The third-order valence-electron chi connectivity index (χ3n) is 5.23. The van der Waals surface area contributed by atoms with Crippen LogP contribution in [0.1, 0.15) is 104 Å². The van der Waals surface area contributed by atoms with E-state index in [9.17, 15) is 0 Å². The van der Waals surface area contributed by atoms with E-state index in [-0.39, 0.29) is 0 Å². The second-order valence-corrected chi connectivity index (χ2v) is 7.26. The summed E-state index contributed by atoms with van der Waals surface area (Å²) in [6, 6.07) is 0. The van der Waals surface area contributed by atoms with Gasteiger partial charge in [-0.15, -0.1) is 0 Å². The fourth-order valence-corrected chi connectivity index (χ4v) is 3.73. The summed E-state index contributed by atoms with van der Waals surface area (Å²) in [5, 5.41) is 0. The molecular weight excluding hydrogens is 254 g/mol. The number of piperidine rings is 1. The summed E-state index contributed by atoms with van der Waals surface area (Å²) < 4.78 is 0. The van der Waals surface area contributed by atoms with E-state index in [1.165, 1.54) is 110 Å². The molecule has 0 aliphatic carbocycles. The van der Waals surface area contributed by atoms with Crippen LogP contribution in [0.2, 0.25) is 0 Å². The molecule has 0 N–H and O–H groups in total. The van der Waals surface area contributed by atoms with Crippen LogP contribution in [0.25, 0.3) is 0 Å². The third-order valence-corrected chi connectivity index (χ3v) is 5.23. The number of likely N-dealkylation sites (tertiary alicyclic amines) is 1. The molecule has 0 aromatic carbocycles. The number of hydrogen-bond acceptors (Lipinski definition) is 1. The molecule has 0 spiro atoms. The lowest BCUT2D eigenvalue weighted by Crippen LogP contribution is -2.34. The first-order valence-corrected chi connectivity index (χ1v) is 10.1. The van der Waals surface area contributed by atoms with Gasteiger partial charge in [-0.2, -0.15) is 0 Å². The summed E-state index contributed by atoms with van der Waals surface area (Å²) in [5.41, 5.74) is 0. The van der Waals surface area contributed by atoms with Crippen LogP contribution in [0, 0.1) is 5.92 Å². The van der Waals surface area contributed by atoms with E-state index in [0.29, 0.717) is 0 Å². The lowest BCUT2D eigenvalue weighted by atomic mass is 9.92. The average Bonchev–Trinajstić information content (AvgIpc) is 2.51. The van der Waals surface area contributed by atoms with Crippen molar-refractivity contribution in [2.75, 3.05) is 19.6 Å². The van der Waals surface area contributed by atoms with Gasteiger partial charge in [-0.05, 0) is 44.8 Å². The minimum Gasteiger partial charge on any atom is -0.303 e. The Labute approximate surface area is 134 Å². The zero-order valence-corrected chi connectivity index (χ0v) is 15.0. The van der Waals surface area contributed by atoms with E-state index < -0.39 is 0 Å². The maximum absolute atomic E-state index is 2.72. The van der Waals surface area contributed by atoms with E-state index in [1.54, 1.807) is 0 Å². The molecule has 0 amide bonds. The van der Waals surface area contributed by atoms with Crippen molar-refractivity contribution in [1.82, 2.24) is 4.90 Å². The van der Waals surface area contributed by atoms with Gasteiger partial charge in [0.15, 0.2) is 0 Å². The fraction of sp³-hybridized carbons (Fsp3) is 1.00. The van der Waals surface area contributed by atoms with E-state index in [1.807, 2.05) is 0 Å². The zero-order chi connectivity index (χ0) is 15.2. The van der Waals surface area contributed by atoms with Gasteiger partial charge in [0.1, 0.15) is 0 Å². The molecule has 1 rings (SSSR count). The van der Waals surface area contributed by atoms with Gasteiger partial charge in [0.2, 0.25) is 0 Å². The van der Waals surface area contributed by atoms with Gasteiger partial charge in [0, 0.05) is 0 Å². The lowest BCUT2D eigenvalue weighted by molar-refractivity contribution is 0.175. The highest BCUT2D eigenvalue weighted by atomic mass is 15.1. The van der Waals surface area contributed by atoms with Crippen LogP contribution in [-0.2, 0) is 0 Å². The summed E-state index contributed by atoms with van der Waals surface area (Å²) in [7, 11) is 0. The van der Waals surface area contributed by atoms with Crippen molar-refractivity contribution in [2.24, 2.45) is 5.92 Å². The molecule has 0 radical (unpaired) electrons. The highest BCUT2D eigenvalue weighted by molar-refractivity contribution is 4.71. The minimum absolute atomic E-state index is 1.04. The minimum atomic E-state index is 1.04. The number of nitrogens with zero attached hydrogens (tertiary/aromatic N) is 1. The molecule has 1 fully saturated rings. The molecule has 0 unspecified atom stereocenters. The molecule has 0 saturated carbocycles. The van der Waals surface area contributed by atoms with Crippen molar-refractivity contribution in [1.29, 1.82) is 0 Å². The molecule has 0 aromatic heterocycles. The number of unbranched alkanes of at least 4 members (excludes halogenated alkanes) is 9. The molecule has 1 nitrogen and oxygen atoms in total. The molecule has 1 aliphatic rings. The summed E-state index contributed by atoms with van der Waals surface area (Å²) >= 11 is 0. The molecule has 1 heteroatoms. The Morgan fingerprint density at radius 3 is 1.71 bits per heavy atom. The molecule has 0 bridgehead atoms. The molecule has 0 atom stereocenters. The first kappa shape index (κ1) is 19.0. The zero-order valence-electron chi connectivity index (χ0n) is 15.0. The predicted octanol–water partition coefficient (Wildman–Crippen LogP) is 6.42. The van der Waals surface area contributed by atoms with Crippen molar-refractivity contribution in [2.45, 2.75) is 104 Å². The van der Waals surface area contributed by atoms with Crippen LogP contribution >= 0.6 is 0 Å². The number of rotatable bonds is 13. The Bertz CT molecular complexity index is 206. The first-order chi connectivity index (χ1) is 10.4. The van der Waals surface area contributed by atoms with Crippen LogP contribution < -0.4 is 0 Å². The van der Waals surface area contributed by atoms with Crippen LogP contribution in [0.5, 0.6) is 0 Å². The van der Waals surface area contributed by atoms with Gasteiger partial charge in [0.05, 0.1) is 0 Å². The van der Waals surface area contributed by atoms with Crippen LogP contribution in [0.3, 0.4) is 0 Å². The lowest BCUT2D eigenvalue weighted by Gasteiger charge is -2.31. The Hall–Kier alpha value is -0.0400. The number of hydrogen-bond donors (Lipinski definition) is 0. The van der Waals surface area contributed by atoms with E-state index in [0.717, 1.165) is 5.92 Å². The Morgan fingerprint density at radius 2 is 1.19 bits per heavy atom. The standard InChI is InChI=1S/C20H41N/c1-3-5-6-7-8-9-10-11-12-13-17-21-18-15-20(14-4-2)16-19-21/h20H,3-19H2,1-2H3. The Morgan fingerprint density at radius 1 is 0.667 bits per heavy atom. The fourth-order valence-electron chi connectivity index (χ4n) is 3.73. The maximum Gasteiger partial charge on any atom is -0.00161 e. The Kier molecular flexibility index (Phi) is 12.3. The van der Waals surface area contributed by atoms with Gasteiger partial charge < -0.3 is 4.90 Å². The molecule has 0 aromatic rings. The topological polar surface area (TPSA) is 3.24 Å². The largest absolute Gasteiger partial charge is 0.303 e. The van der Waals surface area contributed by atoms with E-state index >= 15 is 0 Å². The monoisotopic (exact) mass is 295 g/mol. The summed E-state index contributed by atoms with van der Waals surface area (Å²) in [6.45, 7) is 8.75. The average molecular weight is 296 g/mol. The smallest absolute Gasteiger partial charge is 0.00161 e. The normalized spacial score (nSPS) is 17.4. The molecular formula is C20H41N. The van der Waals surface area contributed by atoms with Gasteiger partial charge in [-0.25, -0.2) is 0 Å². The van der Waals surface area contributed by atoms with Crippen molar-refractivity contribution in [3.05, 3.63) is 0 Å². The summed E-state index contributed by atoms with van der Waals surface area (Å²) in [6.07, 6.45) is 20.3. The summed E-state index contributed by atoms with van der Waals surface area (Å²) in [4.78, 5) is 2.72. The third kappa shape index (κ3) is 10.3. The van der Waals surface area contributed by atoms with Gasteiger partial charge in [-0.1, -0.05) is 84.5 Å². The van der Waals surface area contributed by atoms with E-state index in [4.69, 9.17) is 0 Å². The summed E-state index contributed by atoms with van der Waals surface area (Å²) in [5.74, 6) is 1.04. The highest BCUT2D eigenvalue weighted by Crippen LogP contribution is 2.22. The molecule has 21 heavy (non-hydrogen) atoms. The molecule has 1 aliphatic heterocycles. The van der Waals surface area contributed by atoms with Gasteiger partial charge >= 0.3 is 0 Å². The second-order valence-electron chi connectivity index (χ2n) is 7.26. The highest BCUT2D eigenvalue weighted by Gasteiger charge is 2.17. The van der Waals surface area contributed by atoms with Crippen LogP contribution in [0.15, 0.2) is 0 Å². The van der Waals surface area contributed by atoms with Crippen molar-refractivity contribution >= 4 is 0 Å². The second kappa shape index (κ2) is 13.6. The van der Waals surface area contributed by atoms with Gasteiger partial charge in [-0.3, -0.25) is 0 Å². The van der Waals surface area contributed by atoms with Crippen LogP contribution in [0.4, 0.5) is 0 Å². The molecule has 126 valence electrons. The molecule has 1 heterocycles. The van der Waals surface area contributed by atoms with Crippen LogP contribution in [-0.4, -0.2) is 24.5 Å². The van der Waals surface area contributed by atoms with Crippen molar-refractivity contribution in [3.8, 4) is 0 Å². The molecule has 1 saturated heterocycles. The predicted molar refractivity (Wildman–Crippen MR) is 95.9 cm³/mol. The van der Waals surface area contributed by atoms with E-state index in [2.05, 4.69) is 18.7 Å². The quantitative estimate of drug-likeness (QED) is 0.354.